The number of para-hydroxylation sites is 1. The van der Waals surface area contributed by atoms with Crippen molar-refractivity contribution < 1.29 is 9.11 Å². The fourth-order valence-corrected chi connectivity index (χ4v) is 2.81. The largest absolute Gasteiger partial charge is 0.413 e. The standard InChI is InChI=1S/C17H19NO3S/c1-3-4-9-14-10-7-11-15(18(19)20)17(14)21-22-16-12-6-5-8-13(16)2/h5-8,10-12H,3-4,9H2,1-2H3. The van der Waals surface area contributed by atoms with Crippen LogP contribution in [0.3, 0.4) is 0 Å². The van der Waals surface area contributed by atoms with Gasteiger partial charge in [0.05, 0.1) is 21.9 Å². The second-order valence-electron chi connectivity index (χ2n) is 5.06. The third-order valence-corrected chi connectivity index (χ3v) is 4.27. The Balaban J connectivity index is 2.27. The first-order valence-electron chi connectivity index (χ1n) is 7.30. The minimum Gasteiger partial charge on any atom is -0.413 e. The average molecular weight is 317 g/mol. The van der Waals surface area contributed by atoms with E-state index in [0.29, 0.717) is 5.75 Å². The zero-order valence-electron chi connectivity index (χ0n) is 12.7. The molecular formula is C17H19NO3S. The molecule has 5 heteroatoms. The Morgan fingerprint density at radius 1 is 1.18 bits per heavy atom. The van der Waals surface area contributed by atoms with E-state index in [-0.39, 0.29) is 10.6 Å². The molecule has 2 rings (SSSR count). The third kappa shape index (κ3) is 4.01. The van der Waals surface area contributed by atoms with Crippen LogP contribution in [0, 0.1) is 17.0 Å². The summed E-state index contributed by atoms with van der Waals surface area (Å²) in [7, 11) is 0. The topological polar surface area (TPSA) is 52.4 Å². The van der Waals surface area contributed by atoms with Crippen molar-refractivity contribution in [3.05, 3.63) is 63.7 Å². The highest BCUT2D eigenvalue weighted by molar-refractivity contribution is 7.95. The summed E-state index contributed by atoms with van der Waals surface area (Å²) in [4.78, 5) is 11.8. The van der Waals surface area contributed by atoms with Gasteiger partial charge in [0.1, 0.15) is 0 Å². The highest BCUT2D eigenvalue weighted by atomic mass is 32.2. The van der Waals surface area contributed by atoms with Crippen molar-refractivity contribution in [3.63, 3.8) is 0 Å². The minimum atomic E-state index is -0.386. The quantitative estimate of drug-likeness (QED) is 0.393. The van der Waals surface area contributed by atoms with E-state index in [1.807, 2.05) is 37.3 Å². The maximum Gasteiger partial charge on any atom is 0.312 e. The summed E-state index contributed by atoms with van der Waals surface area (Å²) in [5, 5.41) is 11.2. The maximum atomic E-state index is 11.2. The molecule has 0 heterocycles. The monoisotopic (exact) mass is 317 g/mol. The first kappa shape index (κ1) is 16.4. The van der Waals surface area contributed by atoms with Gasteiger partial charge in [0.2, 0.25) is 5.75 Å². The zero-order valence-corrected chi connectivity index (χ0v) is 13.6. The number of nitrogens with zero attached hydrogens (tertiary/aromatic N) is 1. The number of nitro benzene ring substituents is 1. The first-order chi connectivity index (χ1) is 10.6. The molecule has 0 radical (unpaired) electrons. The fraction of sp³-hybridized carbons (Fsp3) is 0.294. The Kier molecular flexibility index (Phi) is 5.83. The SMILES string of the molecule is CCCCc1cccc([N+](=O)[O-])c1OSc1ccccc1C. The number of hydrogen-bond acceptors (Lipinski definition) is 4. The van der Waals surface area contributed by atoms with Gasteiger partial charge in [-0.15, -0.1) is 0 Å². The van der Waals surface area contributed by atoms with Crippen molar-refractivity contribution in [1.29, 1.82) is 0 Å². The second-order valence-corrected chi connectivity index (χ2v) is 5.83. The van der Waals surface area contributed by atoms with Crippen molar-refractivity contribution in [2.75, 3.05) is 0 Å². The minimum absolute atomic E-state index is 0.0229. The van der Waals surface area contributed by atoms with E-state index in [0.717, 1.165) is 35.3 Å². The molecule has 0 saturated heterocycles. The molecule has 0 aliphatic carbocycles. The second kappa shape index (κ2) is 7.84. The molecule has 0 aromatic heterocycles. The summed E-state index contributed by atoms with van der Waals surface area (Å²) >= 11 is 1.17. The Labute approximate surface area is 134 Å². The van der Waals surface area contributed by atoms with E-state index in [1.54, 1.807) is 6.07 Å². The van der Waals surface area contributed by atoms with Crippen LogP contribution in [0.5, 0.6) is 5.75 Å². The Hall–Kier alpha value is -2.01. The fourth-order valence-electron chi connectivity index (χ4n) is 2.11. The number of unbranched alkanes of at least 4 members (excludes halogenated alkanes) is 1. The van der Waals surface area contributed by atoms with E-state index < -0.39 is 0 Å². The van der Waals surface area contributed by atoms with Crippen molar-refractivity contribution >= 4 is 17.7 Å². The number of hydrogen-bond donors (Lipinski definition) is 0. The molecule has 116 valence electrons. The van der Waals surface area contributed by atoms with Crippen molar-refractivity contribution in [1.82, 2.24) is 0 Å². The van der Waals surface area contributed by atoms with E-state index in [9.17, 15) is 10.1 Å². The van der Waals surface area contributed by atoms with E-state index >= 15 is 0 Å². The van der Waals surface area contributed by atoms with Gasteiger partial charge in [0.15, 0.2) is 0 Å². The van der Waals surface area contributed by atoms with E-state index in [1.165, 1.54) is 18.1 Å². The van der Waals surface area contributed by atoms with Crippen LogP contribution in [0.15, 0.2) is 47.4 Å². The molecule has 22 heavy (non-hydrogen) atoms. The smallest absolute Gasteiger partial charge is 0.312 e. The molecule has 0 bridgehead atoms. The van der Waals surface area contributed by atoms with Gasteiger partial charge in [0, 0.05) is 11.6 Å². The van der Waals surface area contributed by atoms with Gasteiger partial charge in [-0.1, -0.05) is 43.7 Å². The summed E-state index contributed by atoms with van der Waals surface area (Å²) in [5.41, 5.74) is 1.99. The normalized spacial score (nSPS) is 10.5. The Bertz CT molecular complexity index is 658. The summed E-state index contributed by atoms with van der Waals surface area (Å²) in [6.45, 7) is 4.09. The molecule has 0 N–H and O–H groups in total. The molecule has 0 amide bonds. The Morgan fingerprint density at radius 2 is 1.95 bits per heavy atom. The lowest BCUT2D eigenvalue weighted by atomic mass is 10.1. The predicted octanol–water partition coefficient (Wildman–Crippen LogP) is 5.33. The van der Waals surface area contributed by atoms with Crippen LogP contribution in [0.25, 0.3) is 0 Å². The van der Waals surface area contributed by atoms with Gasteiger partial charge in [0.25, 0.3) is 0 Å². The third-order valence-electron chi connectivity index (χ3n) is 3.38. The van der Waals surface area contributed by atoms with Gasteiger partial charge in [-0.2, -0.15) is 0 Å². The average Bonchev–Trinajstić information content (AvgIpc) is 2.52. The van der Waals surface area contributed by atoms with Gasteiger partial charge in [-0.25, -0.2) is 0 Å². The molecule has 0 spiro atoms. The molecule has 0 atom stereocenters. The van der Waals surface area contributed by atoms with Crippen LogP contribution in [0.4, 0.5) is 5.69 Å². The molecular weight excluding hydrogens is 298 g/mol. The van der Waals surface area contributed by atoms with Crippen LogP contribution < -0.4 is 4.18 Å². The summed E-state index contributed by atoms with van der Waals surface area (Å²) in [5.74, 6) is 0.370. The van der Waals surface area contributed by atoms with Crippen molar-refractivity contribution in [2.45, 2.75) is 38.0 Å². The van der Waals surface area contributed by atoms with Gasteiger partial charge < -0.3 is 4.18 Å². The van der Waals surface area contributed by atoms with Crippen LogP contribution >= 0.6 is 12.0 Å². The molecule has 2 aromatic rings. The lowest BCUT2D eigenvalue weighted by Crippen LogP contribution is -1.98. The molecule has 0 aliphatic rings. The number of aryl methyl sites for hydroxylation is 2. The maximum absolute atomic E-state index is 11.2. The predicted molar refractivity (Wildman–Crippen MR) is 89.4 cm³/mol. The number of rotatable bonds is 7. The van der Waals surface area contributed by atoms with Gasteiger partial charge in [-0.05, 0) is 31.4 Å². The molecule has 0 saturated carbocycles. The van der Waals surface area contributed by atoms with Crippen LogP contribution in [-0.4, -0.2) is 4.92 Å². The molecule has 0 fully saturated rings. The van der Waals surface area contributed by atoms with E-state index in [4.69, 9.17) is 4.18 Å². The summed E-state index contributed by atoms with van der Waals surface area (Å²) in [6.07, 6.45) is 2.79. The van der Waals surface area contributed by atoms with Crippen molar-refractivity contribution in [2.24, 2.45) is 0 Å². The first-order valence-corrected chi connectivity index (χ1v) is 8.04. The molecule has 4 nitrogen and oxygen atoms in total. The lowest BCUT2D eigenvalue weighted by molar-refractivity contribution is -0.385. The zero-order chi connectivity index (χ0) is 15.9. The molecule has 2 aromatic carbocycles. The van der Waals surface area contributed by atoms with E-state index in [2.05, 4.69) is 6.92 Å². The van der Waals surface area contributed by atoms with Crippen LogP contribution in [0.2, 0.25) is 0 Å². The van der Waals surface area contributed by atoms with Crippen molar-refractivity contribution in [3.8, 4) is 5.75 Å². The molecule has 0 unspecified atom stereocenters. The summed E-state index contributed by atoms with van der Waals surface area (Å²) < 4.78 is 5.77. The molecule has 0 aliphatic heterocycles. The van der Waals surface area contributed by atoms with Crippen LogP contribution in [0.1, 0.15) is 30.9 Å². The van der Waals surface area contributed by atoms with Crippen LogP contribution in [-0.2, 0) is 6.42 Å². The highest BCUT2D eigenvalue weighted by Gasteiger charge is 2.20. The van der Waals surface area contributed by atoms with Gasteiger partial charge in [-0.3, -0.25) is 10.1 Å². The number of benzene rings is 2. The number of nitro groups is 1. The summed E-state index contributed by atoms with van der Waals surface area (Å²) in [6, 6.07) is 12.9. The highest BCUT2D eigenvalue weighted by Crippen LogP contribution is 2.36. The lowest BCUT2D eigenvalue weighted by Gasteiger charge is -2.11. The van der Waals surface area contributed by atoms with Gasteiger partial charge >= 0.3 is 5.69 Å². The Morgan fingerprint density at radius 3 is 2.64 bits per heavy atom.